The van der Waals surface area contributed by atoms with Gasteiger partial charge in [-0.25, -0.2) is 0 Å². The first-order valence-corrected chi connectivity index (χ1v) is 6.06. The number of nitrogens with two attached hydrogens (primary N) is 1. The molecular weight excluding hydrogens is 272 g/mol. The molecule has 1 unspecified atom stereocenters. The van der Waals surface area contributed by atoms with Crippen LogP contribution in [0, 0.1) is 6.92 Å². The van der Waals surface area contributed by atoms with Gasteiger partial charge in [-0.1, -0.05) is 0 Å². The number of aromatic amines is 1. The topological polar surface area (TPSA) is 83.8 Å². The van der Waals surface area contributed by atoms with Gasteiger partial charge >= 0.3 is 0 Å². The van der Waals surface area contributed by atoms with Crippen LogP contribution in [0.2, 0.25) is 0 Å². The number of rotatable bonds is 3. The van der Waals surface area contributed by atoms with Gasteiger partial charge in [-0.2, -0.15) is 5.10 Å². The molecule has 0 saturated heterocycles. The van der Waals surface area contributed by atoms with Crippen molar-refractivity contribution in [2.75, 3.05) is 5.32 Å². The summed E-state index contributed by atoms with van der Waals surface area (Å²) < 4.78 is 0. The zero-order chi connectivity index (χ0) is 12.4. The van der Waals surface area contributed by atoms with Crippen molar-refractivity contribution in [2.24, 2.45) is 5.73 Å². The van der Waals surface area contributed by atoms with E-state index >= 15 is 0 Å². The van der Waals surface area contributed by atoms with Gasteiger partial charge in [0.2, 0.25) is 5.91 Å². The van der Waals surface area contributed by atoms with E-state index in [2.05, 4.69) is 15.5 Å². The molecule has 0 aliphatic rings. The second-order valence-corrected chi connectivity index (χ2v) is 5.14. The van der Waals surface area contributed by atoms with Crippen LogP contribution in [0.5, 0.6) is 0 Å². The number of carbonyl (C=O) groups excluding carboxylic acids is 1. The standard InChI is InChI=1S/C11H14N4OS.ClH/c1-6-3-4-9(17-6)8-5-10(15-14-8)13-11(16)7(2)12;/h3-5,7H,12H2,1-2H3,(H2,13,14,15,16);1H. The summed E-state index contributed by atoms with van der Waals surface area (Å²) in [4.78, 5) is 13.7. The highest BCUT2D eigenvalue weighted by molar-refractivity contribution is 7.15. The summed E-state index contributed by atoms with van der Waals surface area (Å²) in [6.07, 6.45) is 0. The Labute approximate surface area is 115 Å². The van der Waals surface area contributed by atoms with Crippen LogP contribution in [-0.2, 0) is 4.79 Å². The first-order chi connectivity index (χ1) is 8.06. The third-order valence-electron chi connectivity index (χ3n) is 2.25. The molecule has 98 valence electrons. The lowest BCUT2D eigenvalue weighted by Crippen LogP contribution is -2.32. The van der Waals surface area contributed by atoms with Gasteiger partial charge in [0, 0.05) is 10.9 Å². The minimum Gasteiger partial charge on any atom is -0.320 e. The molecule has 0 bridgehead atoms. The summed E-state index contributed by atoms with van der Waals surface area (Å²) in [6, 6.07) is 5.32. The minimum absolute atomic E-state index is 0. The number of nitrogens with zero attached hydrogens (tertiary/aromatic N) is 1. The van der Waals surface area contributed by atoms with Crippen LogP contribution in [0.25, 0.3) is 10.6 Å². The number of H-pyrrole nitrogens is 1. The van der Waals surface area contributed by atoms with Crippen LogP contribution in [0.15, 0.2) is 18.2 Å². The van der Waals surface area contributed by atoms with Crippen LogP contribution < -0.4 is 11.1 Å². The maximum Gasteiger partial charge on any atom is 0.242 e. The molecule has 0 spiro atoms. The molecule has 0 radical (unpaired) electrons. The van der Waals surface area contributed by atoms with Gasteiger partial charge in [0.25, 0.3) is 0 Å². The number of amides is 1. The van der Waals surface area contributed by atoms with Crippen molar-refractivity contribution < 1.29 is 4.79 Å². The zero-order valence-electron chi connectivity index (χ0n) is 10.1. The van der Waals surface area contributed by atoms with Gasteiger partial charge in [0.15, 0.2) is 5.82 Å². The Kier molecular flexibility index (Phi) is 4.89. The molecule has 0 aliphatic heterocycles. The average Bonchev–Trinajstić information content (AvgIpc) is 2.86. The maximum atomic E-state index is 11.4. The van der Waals surface area contributed by atoms with Crippen LogP contribution >= 0.6 is 23.7 Å². The second kappa shape index (κ2) is 5.99. The number of halogens is 1. The summed E-state index contributed by atoms with van der Waals surface area (Å²) in [5.74, 6) is 0.249. The molecule has 1 amide bonds. The summed E-state index contributed by atoms with van der Waals surface area (Å²) in [7, 11) is 0. The molecule has 0 aliphatic carbocycles. The fraction of sp³-hybridized carbons (Fsp3) is 0.273. The lowest BCUT2D eigenvalue weighted by molar-refractivity contribution is -0.117. The lowest BCUT2D eigenvalue weighted by Gasteiger charge is -2.03. The number of nitrogens with one attached hydrogen (secondary N) is 2. The predicted molar refractivity (Wildman–Crippen MR) is 76.2 cm³/mol. The van der Waals surface area contributed by atoms with E-state index in [1.165, 1.54) is 4.88 Å². The molecule has 2 aromatic rings. The van der Waals surface area contributed by atoms with Crippen molar-refractivity contribution in [2.45, 2.75) is 19.9 Å². The van der Waals surface area contributed by atoms with Gasteiger partial charge in [-0.3, -0.25) is 9.89 Å². The van der Waals surface area contributed by atoms with Gasteiger partial charge in [0.05, 0.1) is 16.6 Å². The smallest absolute Gasteiger partial charge is 0.242 e. The summed E-state index contributed by atoms with van der Waals surface area (Å²) in [6.45, 7) is 3.68. The fourth-order valence-corrected chi connectivity index (χ4v) is 2.16. The van der Waals surface area contributed by atoms with E-state index in [0.717, 1.165) is 10.6 Å². The van der Waals surface area contributed by atoms with E-state index in [1.54, 1.807) is 24.3 Å². The second-order valence-electron chi connectivity index (χ2n) is 3.86. The number of thiophene rings is 1. The van der Waals surface area contributed by atoms with Crippen molar-refractivity contribution in [3.8, 4) is 10.6 Å². The molecular formula is C11H15ClN4OS. The third kappa shape index (κ3) is 3.32. The van der Waals surface area contributed by atoms with E-state index in [-0.39, 0.29) is 18.3 Å². The summed E-state index contributed by atoms with van der Waals surface area (Å²) in [5.41, 5.74) is 6.35. The van der Waals surface area contributed by atoms with Crippen molar-refractivity contribution >= 4 is 35.5 Å². The van der Waals surface area contributed by atoms with Crippen molar-refractivity contribution in [1.29, 1.82) is 0 Å². The Morgan fingerprint density at radius 2 is 2.28 bits per heavy atom. The Hall–Kier alpha value is -1.37. The Balaban J connectivity index is 0.00000162. The molecule has 4 N–H and O–H groups in total. The van der Waals surface area contributed by atoms with E-state index in [4.69, 9.17) is 5.73 Å². The van der Waals surface area contributed by atoms with Crippen LogP contribution in [0.4, 0.5) is 5.82 Å². The Morgan fingerprint density at radius 1 is 1.56 bits per heavy atom. The van der Waals surface area contributed by atoms with Crippen molar-refractivity contribution in [3.05, 3.63) is 23.1 Å². The van der Waals surface area contributed by atoms with Gasteiger partial charge in [-0.15, -0.1) is 23.7 Å². The third-order valence-corrected chi connectivity index (χ3v) is 3.28. The molecule has 0 saturated carbocycles. The first kappa shape index (κ1) is 14.7. The number of hydrogen-bond donors (Lipinski definition) is 3. The monoisotopic (exact) mass is 286 g/mol. The Bertz CT molecular complexity index is 535. The van der Waals surface area contributed by atoms with E-state index < -0.39 is 6.04 Å². The highest BCUT2D eigenvalue weighted by Crippen LogP contribution is 2.27. The average molecular weight is 287 g/mol. The highest BCUT2D eigenvalue weighted by Gasteiger charge is 2.11. The maximum absolute atomic E-state index is 11.4. The molecule has 18 heavy (non-hydrogen) atoms. The lowest BCUT2D eigenvalue weighted by atomic mass is 10.3. The molecule has 2 aromatic heterocycles. The van der Waals surface area contributed by atoms with Crippen molar-refractivity contribution in [1.82, 2.24) is 10.2 Å². The van der Waals surface area contributed by atoms with Crippen molar-refractivity contribution in [3.63, 3.8) is 0 Å². The normalized spacial score (nSPS) is 11.7. The quantitative estimate of drug-likeness (QED) is 0.808. The summed E-state index contributed by atoms with van der Waals surface area (Å²) >= 11 is 1.67. The van der Waals surface area contributed by atoms with E-state index in [0.29, 0.717) is 5.82 Å². The Morgan fingerprint density at radius 3 is 2.83 bits per heavy atom. The largest absolute Gasteiger partial charge is 0.320 e. The number of carbonyl (C=O) groups is 1. The van der Waals surface area contributed by atoms with Gasteiger partial charge in [-0.05, 0) is 26.0 Å². The zero-order valence-corrected chi connectivity index (χ0v) is 11.7. The number of hydrogen-bond acceptors (Lipinski definition) is 4. The molecule has 2 heterocycles. The predicted octanol–water partition coefficient (Wildman–Crippen LogP) is 2.15. The SMILES string of the molecule is Cc1ccc(-c2cc(NC(=O)C(C)N)n[nH]2)s1.Cl. The van der Waals surface area contributed by atoms with Crippen LogP contribution in [0.1, 0.15) is 11.8 Å². The fourth-order valence-electron chi connectivity index (χ4n) is 1.33. The first-order valence-electron chi connectivity index (χ1n) is 5.25. The number of aryl methyl sites for hydroxylation is 1. The van der Waals surface area contributed by atoms with Crippen LogP contribution in [-0.4, -0.2) is 22.1 Å². The van der Waals surface area contributed by atoms with E-state index in [1.807, 2.05) is 19.1 Å². The molecule has 0 aromatic carbocycles. The summed E-state index contributed by atoms with van der Waals surface area (Å²) in [5, 5.41) is 9.54. The number of anilines is 1. The minimum atomic E-state index is -0.542. The molecule has 1 atom stereocenters. The molecule has 7 heteroatoms. The number of aromatic nitrogens is 2. The van der Waals surface area contributed by atoms with E-state index in [9.17, 15) is 4.79 Å². The van der Waals surface area contributed by atoms with Crippen LogP contribution in [0.3, 0.4) is 0 Å². The molecule has 2 rings (SSSR count). The van der Waals surface area contributed by atoms with Gasteiger partial charge < -0.3 is 11.1 Å². The molecule has 0 fully saturated rings. The molecule has 5 nitrogen and oxygen atoms in total. The van der Waals surface area contributed by atoms with Gasteiger partial charge in [0.1, 0.15) is 0 Å². The highest BCUT2D eigenvalue weighted by atomic mass is 35.5.